The number of aliphatic hydroxyl groups excluding tert-OH is 1. The van der Waals surface area contributed by atoms with Gasteiger partial charge < -0.3 is 5.11 Å². The number of halogens is 3. The fourth-order valence-electron chi connectivity index (χ4n) is 0.890. The number of benzene rings is 1. The highest BCUT2D eigenvalue weighted by Crippen LogP contribution is 2.22. The Bertz CT molecular complexity index is 462. The minimum atomic E-state index is -4.90. The van der Waals surface area contributed by atoms with E-state index in [2.05, 4.69) is 0 Å². The summed E-state index contributed by atoms with van der Waals surface area (Å²) in [6.07, 6.45) is 0. The number of aliphatic hydroxyl groups is 1. The Labute approximate surface area is 82.7 Å². The molecule has 0 fully saturated rings. The van der Waals surface area contributed by atoms with Gasteiger partial charge in [0.1, 0.15) is 0 Å². The van der Waals surface area contributed by atoms with Gasteiger partial charge in [-0.15, -0.1) is 0 Å². The van der Waals surface area contributed by atoms with Gasteiger partial charge in [-0.25, -0.2) is 13.2 Å². The summed E-state index contributed by atoms with van der Waals surface area (Å²) in [5.41, 5.74) is -3.31. The van der Waals surface area contributed by atoms with E-state index in [1.165, 1.54) is 0 Å². The van der Waals surface area contributed by atoms with Crippen LogP contribution in [0.3, 0.4) is 0 Å². The number of hydrogen-bond donors (Lipinski definition) is 2. The highest BCUT2D eigenvalue weighted by atomic mass is 32.2. The second-order valence-corrected chi connectivity index (χ2v) is 4.14. The summed E-state index contributed by atoms with van der Waals surface area (Å²) in [4.78, 5) is 0. The normalized spacial score (nSPS) is 13.9. The fourth-order valence-corrected chi connectivity index (χ4v) is 1.37. The van der Waals surface area contributed by atoms with Crippen LogP contribution in [0.5, 0.6) is 0 Å². The van der Waals surface area contributed by atoms with Gasteiger partial charge >= 0.3 is 0 Å². The van der Waals surface area contributed by atoms with Crippen LogP contribution in [0.25, 0.3) is 0 Å². The summed E-state index contributed by atoms with van der Waals surface area (Å²) in [6, 6.07) is 0.549. The van der Waals surface area contributed by atoms with Gasteiger partial charge in [-0.3, -0.25) is 4.55 Å². The summed E-state index contributed by atoms with van der Waals surface area (Å²) in [7, 11) is -4.90. The fraction of sp³-hybridized carbons (Fsp3) is 0.143. The van der Waals surface area contributed by atoms with Gasteiger partial charge in [-0.1, -0.05) is 0 Å². The first-order valence-electron chi connectivity index (χ1n) is 3.52. The van der Waals surface area contributed by atoms with Crippen LogP contribution in [0.4, 0.5) is 13.2 Å². The molecule has 0 aliphatic carbocycles. The molecule has 1 unspecified atom stereocenters. The first-order chi connectivity index (χ1) is 6.73. The van der Waals surface area contributed by atoms with Gasteiger partial charge in [0, 0.05) is 5.56 Å². The van der Waals surface area contributed by atoms with Crippen molar-refractivity contribution in [1.82, 2.24) is 0 Å². The van der Waals surface area contributed by atoms with E-state index in [0.717, 1.165) is 0 Å². The van der Waals surface area contributed by atoms with Crippen molar-refractivity contribution in [2.24, 2.45) is 0 Å². The third kappa shape index (κ3) is 2.46. The van der Waals surface area contributed by atoms with E-state index in [4.69, 9.17) is 9.66 Å². The quantitative estimate of drug-likeness (QED) is 0.599. The Morgan fingerprint density at radius 1 is 1.13 bits per heavy atom. The van der Waals surface area contributed by atoms with E-state index in [0.29, 0.717) is 0 Å². The average molecular weight is 242 g/mol. The topological polar surface area (TPSA) is 74.6 Å². The highest BCUT2D eigenvalue weighted by Gasteiger charge is 2.24. The second-order valence-electron chi connectivity index (χ2n) is 2.67. The molecule has 2 N–H and O–H groups in total. The van der Waals surface area contributed by atoms with Crippen LogP contribution >= 0.6 is 0 Å². The first kappa shape index (κ1) is 12.0. The van der Waals surface area contributed by atoms with Gasteiger partial charge in [0.05, 0.1) is 0 Å². The molecule has 4 nitrogen and oxygen atoms in total. The zero-order chi connectivity index (χ0) is 11.8. The molecule has 0 heterocycles. The lowest BCUT2D eigenvalue weighted by atomic mass is 10.2. The minimum absolute atomic E-state index is 0.275. The molecule has 0 saturated heterocycles. The Kier molecular flexibility index (Phi) is 3.03. The van der Waals surface area contributed by atoms with E-state index >= 15 is 0 Å². The van der Waals surface area contributed by atoms with Crippen molar-refractivity contribution in [1.29, 1.82) is 0 Å². The molecule has 0 aliphatic rings. The standard InChI is InChI=1S/C7H5F3O4S/c8-4-1-3(2-5(9)6(4)10)7(11)15(12,13)14/h1-2,7,11H,(H,12,13,14). The van der Waals surface area contributed by atoms with Crippen LogP contribution in [0.15, 0.2) is 12.1 Å². The molecule has 1 aromatic carbocycles. The zero-order valence-corrected chi connectivity index (χ0v) is 7.80. The van der Waals surface area contributed by atoms with Gasteiger partial charge in [0.25, 0.3) is 10.1 Å². The average Bonchev–Trinajstić information content (AvgIpc) is 2.10. The molecule has 1 rings (SSSR count). The van der Waals surface area contributed by atoms with Crippen LogP contribution < -0.4 is 0 Å². The predicted molar refractivity (Wildman–Crippen MR) is 42.8 cm³/mol. The maximum Gasteiger partial charge on any atom is 0.296 e. The van der Waals surface area contributed by atoms with Crippen molar-refractivity contribution in [2.75, 3.05) is 0 Å². The van der Waals surface area contributed by atoms with Crippen molar-refractivity contribution in [2.45, 2.75) is 5.44 Å². The van der Waals surface area contributed by atoms with Crippen LogP contribution in [-0.2, 0) is 10.1 Å². The summed E-state index contributed by atoms with van der Waals surface area (Å²) in [5, 5.41) is 8.90. The Morgan fingerprint density at radius 3 is 1.87 bits per heavy atom. The molecule has 0 bridgehead atoms. The van der Waals surface area contributed by atoms with Crippen LogP contribution in [0.1, 0.15) is 11.0 Å². The second kappa shape index (κ2) is 3.80. The van der Waals surface area contributed by atoms with Crippen molar-refractivity contribution < 1.29 is 31.2 Å². The Balaban J connectivity index is 3.29. The molecule has 0 aliphatic heterocycles. The van der Waals surface area contributed by atoms with Gasteiger partial charge in [0.2, 0.25) is 5.44 Å². The molecule has 1 aromatic rings. The third-order valence-corrected chi connectivity index (χ3v) is 2.41. The van der Waals surface area contributed by atoms with Crippen LogP contribution in [0, 0.1) is 17.5 Å². The van der Waals surface area contributed by atoms with Crippen LogP contribution in [0.2, 0.25) is 0 Å². The van der Waals surface area contributed by atoms with Crippen molar-refractivity contribution in [3.63, 3.8) is 0 Å². The summed E-state index contributed by atoms with van der Waals surface area (Å²) < 4.78 is 66.8. The highest BCUT2D eigenvalue weighted by molar-refractivity contribution is 7.85. The predicted octanol–water partition coefficient (Wildman–Crippen LogP) is 0.983. The molecule has 0 radical (unpaired) electrons. The smallest absolute Gasteiger partial charge is 0.296 e. The Morgan fingerprint density at radius 2 is 1.53 bits per heavy atom. The first-order valence-corrected chi connectivity index (χ1v) is 5.02. The number of rotatable bonds is 2. The molecule has 0 aromatic heterocycles. The van der Waals surface area contributed by atoms with Gasteiger partial charge in [-0.2, -0.15) is 8.42 Å². The minimum Gasteiger partial charge on any atom is -0.371 e. The van der Waals surface area contributed by atoms with Gasteiger partial charge in [-0.05, 0) is 12.1 Å². The lowest BCUT2D eigenvalue weighted by Crippen LogP contribution is -2.12. The van der Waals surface area contributed by atoms with Crippen molar-refractivity contribution in [3.05, 3.63) is 35.1 Å². The van der Waals surface area contributed by atoms with E-state index in [-0.39, 0.29) is 12.1 Å². The van der Waals surface area contributed by atoms with Crippen LogP contribution in [-0.4, -0.2) is 18.1 Å². The monoisotopic (exact) mass is 242 g/mol. The number of hydrogen-bond acceptors (Lipinski definition) is 3. The maximum atomic E-state index is 12.6. The molecular formula is C7H5F3O4S. The zero-order valence-electron chi connectivity index (χ0n) is 6.99. The molecule has 15 heavy (non-hydrogen) atoms. The van der Waals surface area contributed by atoms with Gasteiger partial charge in [0.15, 0.2) is 17.5 Å². The molecule has 0 saturated carbocycles. The van der Waals surface area contributed by atoms with E-state index < -0.39 is 38.6 Å². The van der Waals surface area contributed by atoms with Crippen molar-refractivity contribution in [3.8, 4) is 0 Å². The molecule has 1 atom stereocenters. The summed E-state index contributed by atoms with van der Waals surface area (Å²) >= 11 is 0. The maximum absolute atomic E-state index is 12.6. The van der Waals surface area contributed by atoms with E-state index in [9.17, 15) is 21.6 Å². The molecule has 0 amide bonds. The molecule has 84 valence electrons. The summed E-state index contributed by atoms with van der Waals surface area (Å²) in [6.45, 7) is 0. The lowest BCUT2D eigenvalue weighted by molar-refractivity contribution is 0.237. The molecule has 8 heteroatoms. The molecule has 0 spiro atoms. The largest absolute Gasteiger partial charge is 0.371 e. The Hall–Kier alpha value is -1.12. The SMILES string of the molecule is O=S(=O)(O)C(O)c1cc(F)c(F)c(F)c1. The lowest BCUT2D eigenvalue weighted by Gasteiger charge is -2.07. The third-order valence-electron chi connectivity index (χ3n) is 1.57. The molecular weight excluding hydrogens is 237 g/mol. The summed E-state index contributed by atoms with van der Waals surface area (Å²) in [5.74, 6) is -5.11. The van der Waals surface area contributed by atoms with E-state index in [1.807, 2.05) is 0 Å². The van der Waals surface area contributed by atoms with E-state index in [1.54, 1.807) is 0 Å². The van der Waals surface area contributed by atoms with Crippen molar-refractivity contribution >= 4 is 10.1 Å².